The normalized spacial score (nSPS) is 9.83. The van der Waals surface area contributed by atoms with Crippen molar-refractivity contribution in [1.82, 2.24) is 5.32 Å². The third kappa shape index (κ3) is 2.48. The van der Waals surface area contributed by atoms with Crippen LogP contribution in [0, 0.1) is 0 Å². The highest BCUT2D eigenvalue weighted by Crippen LogP contribution is 2.19. The van der Waals surface area contributed by atoms with Crippen LogP contribution in [0.4, 0.5) is 0 Å². The zero-order chi connectivity index (χ0) is 8.97. The lowest BCUT2D eigenvalue weighted by Gasteiger charge is -1.99. The number of hydrogen-bond donors (Lipinski definition) is 2. The fourth-order valence-corrected chi connectivity index (χ4v) is 1.58. The van der Waals surface area contributed by atoms with Gasteiger partial charge in [-0.3, -0.25) is 4.79 Å². The number of carbonyl (C=O) groups is 1. The van der Waals surface area contributed by atoms with Crippen molar-refractivity contribution in [3.05, 3.63) is 21.3 Å². The predicted octanol–water partition coefficient (Wildman–Crippen LogP) is 1.09. The van der Waals surface area contributed by atoms with Crippen LogP contribution < -0.4 is 11.1 Å². The Balaban J connectivity index is 2.53. The molecule has 0 aliphatic heterocycles. The second-order valence-corrected chi connectivity index (χ2v) is 3.73. The Kier molecular flexibility index (Phi) is 3.52. The maximum absolute atomic E-state index is 11.2. The van der Waals surface area contributed by atoms with Crippen molar-refractivity contribution in [3.63, 3.8) is 0 Å². The monoisotopic (exact) mass is 204 g/mol. The Morgan fingerprint density at radius 1 is 1.75 bits per heavy atom. The van der Waals surface area contributed by atoms with Crippen molar-refractivity contribution in [1.29, 1.82) is 0 Å². The Morgan fingerprint density at radius 2 is 2.50 bits per heavy atom. The minimum atomic E-state index is -0.122. The number of halogens is 1. The van der Waals surface area contributed by atoms with E-state index < -0.39 is 0 Å². The Labute approximate surface area is 79.5 Å². The first-order chi connectivity index (χ1) is 5.74. The van der Waals surface area contributed by atoms with Gasteiger partial charge in [0.1, 0.15) is 0 Å². The summed E-state index contributed by atoms with van der Waals surface area (Å²) in [6.07, 6.45) is 0. The molecule has 0 atom stereocenters. The highest BCUT2D eigenvalue weighted by Gasteiger charge is 2.05. The summed E-state index contributed by atoms with van der Waals surface area (Å²) in [7, 11) is 0. The van der Waals surface area contributed by atoms with Gasteiger partial charge in [-0.2, -0.15) is 0 Å². The van der Waals surface area contributed by atoms with Crippen LogP contribution in [0.2, 0.25) is 4.34 Å². The molecule has 1 rings (SSSR count). The van der Waals surface area contributed by atoms with E-state index in [1.807, 2.05) is 0 Å². The molecule has 1 aromatic heterocycles. The van der Waals surface area contributed by atoms with E-state index in [-0.39, 0.29) is 5.91 Å². The van der Waals surface area contributed by atoms with Gasteiger partial charge in [-0.05, 0) is 6.07 Å². The van der Waals surface area contributed by atoms with Gasteiger partial charge in [0.05, 0.1) is 9.90 Å². The van der Waals surface area contributed by atoms with E-state index in [1.165, 1.54) is 11.3 Å². The number of nitrogens with two attached hydrogens (primary N) is 1. The number of hydrogen-bond acceptors (Lipinski definition) is 3. The number of carbonyl (C=O) groups excluding carboxylic acids is 1. The topological polar surface area (TPSA) is 55.1 Å². The summed E-state index contributed by atoms with van der Waals surface area (Å²) in [5, 5.41) is 4.36. The molecule has 66 valence electrons. The van der Waals surface area contributed by atoms with Gasteiger partial charge >= 0.3 is 0 Å². The molecule has 12 heavy (non-hydrogen) atoms. The second-order valence-electron chi connectivity index (χ2n) is 2.18. The fourth-order valence-electron chi connectivity index (χ4n) is 0.717. The van der Waals surface area contributed by atoms with E-state index in [0.29, 0.717) is 23.0 Å². The van der Waals surface area contributed by atoms with Crippen molar-refractivity contribution in [2.24, 2.45) is 5.73 Å². The summed E-state index contributed by atoms with van der Waals surface area (Å²) < 4.78 is 0.618. The van der Waals surface area contributed by atoms with E-state index in [1.54, 1.807) is 11.4 Å². The minimum absolute atomic E-state index is 0.122. The minimum Gasteiger partial charge on any atom is -0.351 e. The fraction of sp³-hybridized carbons (Fsp3) is 0.286. The van der Waals surface area contributed by atoms with Crippen molar-refractivity contribution >= 4 is 28.8 Å². The highest BCUT2D eigenvalue weighted by molar-refractivity contribution is 7.14. The Morgan fingerprint density at radius 3 is 3.00 bits per heavy atom. The van der Waals surface area contributed by atoms with Crippen LogP contribution in [0.15, 0.2) is 11.4 Å². The lowest BCUT2D eigenvalue weighted by Crippen LogP contribution is -2.28. The van der Waals surface area contributed by atoms with Gasteiger partial charge in [0, 0.05) is 18.5 Å². The molecule has 0 aromatic carbocycles. The molecule has 3 N–H and O–H groups in total. The van der Waals surface area contributed by atoms with E-state index in [0.717, 1.165) is 0 Å². The zero-order valence-electron chi connectivity index (χ0n) is 6.34. The van der Waals surface area contributed by atoms with Crippen molar-refractivity contribution in [2.75, 3.05) is 13.1 Å². The largest absolute Gasteiger partial charge is 0.351 e. The summed E-state index contributed by atoms with van der Waals surface area (Å²) in [4.78, 5) is 11.2. The van der Waals surface area contributed by atoms with E-state index in [2.05, 4.69) is 5.32 Å². The molecule has 0 unspecified atom stereocenters. The highest BCUT2D eigenvalue weighted by atomic mass is 35.5. The van der Waals surface area contributed by atoms with Crippen LogP contribution in [0.3, 0.4) is 0 Å². The molecule has 0 saturated carbocycles. The van der Waals surface area contributed by atoms with Gasteiger partial charge in [0.25, 0.3) is 5.91 Å². The molecule has 0 saturated heterocycles. The van der Waals surface area contributed by atoms with Crippen molar-refractivity contribution < 1.29 is 4.79 Å². The molecule has 3 nitrogen and oxygen atoms in total. The first-order valence-corrected chi connectivity index (χ1v) is 4.72. The molecule has 1 aromatic rings. The van der Waals surface area contributed by atoms with Crippen LogP contribution in [0.25, 0.3) is 0 Å². The maximum atomic E-state index is 11.2. The van der Waals surface area contributed by atoms with Crippen LogP contribution in [0.5, 0.6) is 0 Å². The lowest BCUT2D eigenvalue weighted by molar-refractivity contribution is 0.0955. The van der Waals surface area contributed by atoms with Crippen molar-refractivity contribution in [2.45, 2.75) is 0 Å². The molecule has 0 bridgehead atoms. The molecule has 0 spiro atoms. The molecule has 0 aliphatic rings. The van der Waals surface area contributed by atoms with Gasteiger partial charge in [-0.25, -0.2) is 0 Å². The van der Waals surface area contributed by atoms with Gasteiger partial charge in [-0.15, -0.1) is 11.3 Å². The molecule has 5 heteroatoms. The third-order valence-electron chi connectivity index (χ3n) is 1.26. The SMILES string of the molecule is NCCNC(=O)c1csc(Cl)c1. The van der Waals surface area contributed by atoms with Crippen LogP contribution in [-0.4, -0.2) is 19.0 Å². The van der Waals surface area contributed by atoms with Crippen LogP contribution in [-0.2, 0) is 0 Å². The molecular formula is C7H9ClN2OS. The lowest BCUT2D eigenvalue weighted by atomic mass is 10.3. The van der Waals surface area contributed by atoms with E-state index >= 15 is 0 Å². The average molecular weight is 205 g/mol. The quantitative estimate of drug-likeness (QED) is 0.775. The molecule has 0 fully saturated rings. The third-order valence-corrected chi connectivity index (χ3v) is 2.35. The first kappa shape index (κ1) is 9.51. The number of amides is 1. The summed E-state index contributed by atoms with van der Waals surface area (Å²) in [6.45, 7) is 0.940. The number of nitrogens with one attached hydrogen (secondary N) is 1. The number of thiophene rings is 1. The number of rotatable bonds is 3. The Bertz CT molecular complexity index is 274. The standard InChI is InChI=1S/C7H9ClN2OS/c8-6-3-5(4-12-6)7(11)10-2-1-9/h3-4H,1-2,9H2,(H,10,11). The first-order valence-electron chi connectivity index (χ1n) is 3.46. The van der Waals surface area contributed by atoms with Gasteiger partial charge in [0.2, 0.25) is 0 Å². The molecular weight excluding hydrogens is 196 g/mol. The smallest absolute Gasteiger partial charge is 0.252 e. The second kappa shape index (κ2) is 4.45. The zero-order valence-corrected chi connectivity index (χ0v) is 7.91. The van der Waals surface area contributed by atoms with Gasteiger partial charge in [0.15, 0.2) is 0 Å². The Hall–Kier alpha value is -0.580. The van der Waals surface area contributed by atoms with Gasteiger partial charge in [-0.1, -0.05) is 11.6 Å². The maximum Gasteiger partial charge on any atom is 0.252 e. The van der Waals surface area contributed by atoms with Crippen LogP contribution in [0.1, 0.15) is 10.4 Å². The summed E-state index contributed by atoms with van der Waals surface area (Å²) in [5.74, 6) is -0.122. The average Bonchev–Trinajstić information content (AvgIpc) is 2.47. The van der Waals surface area contributed by atoms with Crippen molar-refractivity contribution in [3.8, 4) is 0 Å². The summed E-state index contributed by atoms with van der Waals surface area (Å²) in [5.41, 5.74) is 5.82. The molecule has 0 radical (unpaired) electrons. The predicted molar refractivity (Wildman–Crippen MR) is 50.7 cm³/mol. The van der Waals surface area contributed by atoms with Crippen LogP contribution >= 0.6 is 22.9 Å². The molecule has 1 amide bonds. The summed E-state index contributed by atoms with van der Waals surface area (Å²) in [6, 6.07) is 1.64. The molecule has 1 heterocycles. The van der Waals surface area contributed by atoms with Gasteiger partial charge < -0.3 is 11.1 Å². The summed E-state index contributed by atoms with van der Waals surface area (Å²) >= 11 is 6.99. The molecule has 0 aliphatic carbocycles. The van der Waals surface area contributed by atoms with E-state index in [4.69, 9.17) is 17.3 Å². The van der Waals surface area contributed by atoms with E-state index in [9.17, 15) is 4.79 Å².